The van der Waals surface area contributed by atoms with Crippen LogP contribution < -0.4 is 10.5 Å². The number of hydrogen-bond donors (Lipinski definition) is 1. The molecule has 2 N–H and O–H groups in total. The van der Waals surface area contributed by atoms with Crippen molar-refractivity contribution < 1.29 is 14.3 Å². The van der Waals surface area contributed by atoms with E-state index in [1.807, 2.05) is 25.1 Å². The van der Waals surface area contributed by atoms with Crippen LogP contribution in [0.1, 0.15) is 12.5 Å². The van der Waals surface area contributed by atoms with E-state index in [9.17, 15) is 4.79 Å². The van der Waals surface area contributed by atoms with E-state index in [1.165, 1.54) is 7.11 Å². The van der Waals surface area contributed by atoms with Gasteiger partial charge in [-0.15, -0.1) is 0 Å². The third-order valence-corrected chi connectivity index (χ3v) is 3.31. The van der Waals surface area contributed by atoms with Crippen LogP contribution in [0, 0.1) is 11.8 Å². The summed E-state index contributed by atoms with van der Waals surface area (Å²) in [6.45, 7) is 2.41. The van der Waals surface area contributed by atoms with Crippen molar-refractivity contribution in [2.24, 2.45) is 11.8 Å². The summed E-state index contributed by atoms with van der Waals surface area (Å²) >= 11 is 0. The fraction of sp³-hybridized carbons (Fsp3) is 0.462. The van der Waals surface area contributed by atoms with Crippen molar-refractivity contribution in [1.29, 1.82) is 0 Å². The van der Waals surface area contributed by atoms with Gasteiger partial charge in [0.05, 0.1) is 19.6 Å². The van der Waals surface area contributed by atoms with Gasteiger partial charge in [0.25, 0.3) is 0 Å². The topological polar surface area (TPSA) is 61.5 Å². The Balaban J connectivity index is 2.13. The normalized spacial score (nSPS) is 20.0. The summed E-state index contributed by atoms with van der Waals surface area (Å²) in [7, 11) is 1.41. The fourth-order valence-electron chi connectivity index (χ4n) is 2.11. The molecule has 2 atom stereocenters. The molecular formula is C13H17NO3. The summed E-state index contributed by atoms with van der Waals surface area (Å²) in [5.41, 5.74) is 7.49. The van der Waals surface area contributed by atoms with Crippen molar-refractivity contribution in [3.05, 3.63) is 23.8 Å². The number of fused-ring (bicyclic) bond motifs is 1. The molecule has 0 radical (unpaired) electrons. The molecule has 0 aliphatic carbocycles. The van der Waals surface area contributed by atoms with E-state index in [0.29, 0.717) is 12.3 Å². The Morgan fingerprint density at radius 3 is 3.06 bits per heavy atom. The molecule has 17 heavy (non-hydrogen) atoms. The lowest BCUT2D eigenvalue weighted by Gasteiger charge is -2.28. The first-order chi connectivity index (χ1) is 8.11. The highest BCUT2D eigenvalue weighted by Gasteiger charge is 2.29. The molecule has 1 aliphatic rings. The van der Waals surface area contributed by atoms with E-state index in [0.717, 1.165) is 17.7 Å². The van der Waals surface area contributed by atoms with Gasteiger partial charge in [0.1, 0.15) is 5.75 Å². The lowest BCUT2D eigenvalue weighted by Crippen LogP contribution is -2.31. The van der Waals surface area contributed by atoms with Crippen molar-refractivity contribution in [2.45, 2.75) is 13.3 Å². The average molecular weight is 235 g/mol. The Morgan fingerprint density at radius 1 is 1.59 bits per heavy atom. The summed E-state index contributed by atoms with van der Waals surface area (Å²) in [6.07, 6.45) is 0.825. The molecule has 0 bridgehead atoms. The Bertz CT molecular complexity index is 431. The SMILES string of the molecule is COC(=O)C(C)C1COc2cc(N)ccc2C1. The maximum absolute atomic E-state index is 11.5. The zero-order chi connectivity index (χ0) is 12.4. The Kier molecular flexibility index (Phi) is 3.22. The molecule has 0 saturated heterocycles. The van der Waals surface area contributed by atoms with Crippen LogP contribution in [-0.2, 0) is 16.0 Å². The summed E-state index contributed by atoms with van der Waals surface area (Å²) in [4.78, 5) is 11.5. The van der Waals surface area contributed by atoms with Gasteiger partial charge in [0.15, 0.2) is 0 Å². The van der Waals surface area contributed by atoms with Crippen molar-refractivity contribution >= 4 is 11.7 Å². The van der Waals surface area contributed by atoms with Crippen molar-refractivity contribution in [1.82, 2.24) is 0 Å². The van der Waals surface area contributed by atoms with E-state index in [1.54, 1.807) is 0 Å². The molecular weight excluding hydrogens is 218 g/mol. The maximum Gasteiger partial charge on any atom is 0.308 e. The molecule has 0 spiro atoms. The van der Waals surface area contributed by atoms with Crippen molar-refractivity contribution in [2.75, 3.05) is 19.5 Å². The highest BCUT2D eigenvalue weighted by atomic mass is 16.5. The van der Waals surface area contributed by atoms with Crippen LogP contribution >= 0.6 is 0 Å². The quantitative estimate of drug-likeness (QED) is 0.625. The van der Waals surface area contributed by atoms with Crippen LogP contribution in [0.5, 0.6) is 5.75 Å². The first-order valence-corrected chi connectivity index (χ1v) is 5.71. The number of esters is 1. The number of hydrogen-bond acceptors (Lipinski definition) is 4. The largest absolute Gasteiger partial charge is 0.493 e. The van der Waals surface area contributed by atoms with E-state index in [2.05, 4.69) is 0 Å². The molecule has 1 aromatic carbocycles. The monoisotopic (exact) mass is 235 g/mol. The summed E-state index contributed by atoms with van der Waals surface area (Å²) in [5, 5.41) is 0. The minimum absolute atomic E-state index is 0.147. The fourth-order valence-corrected chi connectivity index (χ4v) is 2.11. The van der Waals surface area contributed by atoms with Crippen LogP contribution in [0.3, 0.4) is 0 Å². The van der Waals surface area contributed by atoms with Crippen LogP contribution in [0.15, 0.2) is 18.2 Å². The van der Waals surface area contributed by atoms with Crippen molar-refractivity contribution in [3.8, 4) is 5.75 Å². The second-order valence-electron chi connectivity index (χ2n) is 4.45. The lowest BCUT2D eigenvalue weighted by molar-refractivity contribution is -0.147. The van der Waals surface area contributed by atoms with Gasteiger partial charge in [-0.2, -0.15) is 0 Å². The van der Waals surface area contributed by atoms with Gasteiger partial charge in [-0.3, -0.25) is 4.79 Å². The van der Waals surface area contributed by atoms with E-state index >= 15 is 0 Å². The zero-order valence-electron chi connectivity index (χ0n) is 10.1. The third-order valence-electron chi connectivity index (χ3n) is 3.31. The molecule has 4 nitrogen and oxygen atoms in total. The average Bonchev–Trinajstić information content (AvgIpc) is 2.36. The number of carbonyl (C=O) groups is 1. The van der Waals surface area contributed by atoms with Crippen LogP contribution in [0.4, 0.5) is 5.69 Å². The highest BCUT2D eigenvalue weighted by Crippen LogP contribution is 2.32. The van der Waals surface area contributed by atoms with Crippen LogP contribution in [0.25, 0.3) is 0 Å². The van der Waals surface area contributed by atoms with Gasteiger partial charge in [-0.1, -0.05) is 13.0 Å². The number of ether oxygens (including phenoxy) is 2. The Morgan fingerprint density at radius 2 is 2.35 bits per heavy atom. The van der Waals surface area contributed by atoms with E-state index in [-0.39, 0.29) is 17.8 Å². The molecule has 2 rings (SSSR count). The second-order valence-corrected chi connectivity index (χ2v) is 4.45. The first kappa shape index (κ1) is 11.8. The number of nitrogens with two attached hydrogens (primary N) is 1. The van der Waals surface area contributed by atoms with Gasteiger partial charge in [0.2, 0.25) is 0 Å². The summed E-state index contributed by atoms with van der Waals surface area (Å²) in [5.74, 6) is 0.667. The molecule has 4 heteroatoms. The standard InChI is InChI=1S/C13H17NO3/c1-8(13(15)16-2)10-5-9-3-4-11(14)6-12(9)17-7-10/h3-4,6,8,10H,5,7,14H2,1-2H3. The first-order valence-electron chi connectivity index (χ1n) is 5.71. The number of anilines is 1. The Labute approximate surface area is 101 Å². The molecule has 1 aliphatic heterocycles. The van der Waals surface area contributed by atoms with E-state index < -0.39 is 0 Å². The van der Waals surface area contributed by atoms with Crippen molar-refractivity contribution in [3.63, 3.8) is 0 Å². The smallest absolute Gasteiger partial charge is 0.308 e. The Hall–Kier alpha value is -1.71. The minimum Gasteiger partial charge on any atom is -0.493 e. The minimum atomic E-state index is -0.183. The molecule has 92 valence electrons. The van der Waals surface area contributed by atoms with Gasteiger partial charge < -0.3 is 15.2 Å². The number of methoxy groups -OCH3 is 1. The predicted octanol–water partition coefficient (Wildman–Crippen LogP) is 1.63. The van der Waals surface area contributed by atoms with Gasteiger partial charge in [-0.05, 0) is 18.1 Å². The molecule has 0 aromatic heterocycles. The van der Waals surface area contributed by atoms with Gasteiger partial charge in [-0.25, -0.2) is 0 Å². The van der Waals surface area contributed by atoms with E-state index in [4.69, 9.17) is 15.2 Å². The molecule has 2 unspecified atom stereocenters. The van der Waals surface area contributed by atoms with Gasteiger partial charge in [0, 0.05) is 17.7 Å². The second kappa shape index (κ2) is 4.65. The lowest BCUT2D eigenvalue weighted by atomic mass is 9.86. The number of benzene rings is 1. The molecule has 0 fully saturated rings. The zero-order valence-corrected chi connectivity index (χ0v) is 10.1. The summed E-state index contributed by atoms with van der Waals surface area (Å²) in [6, 6.07) is 5.64. The summed E-state index contributed by atoms with van der Waals surface area (Å²) < 4.78 is 10.4. The maximum atomic E-state index is 11.5. The molecule has 1 aromatic rings. The number of nitrogen functional groups attached to an aromatic ring is 1. The van der Waals surface area contributed by atoms with Gasteiger partial charge >= 0.3 is 5.97 Å². The molecule has 1 heterocycles. The predicted molar refractivity (Wildman–Crippen MR) is 64.7 cm³/mol. The third kappa shape index (κ3) is 2.35. The number of rotatable bonds is 2. The molecule has 0 amide bonds. The van der Waals surface area contributed by atoms with Crippen LogP contribution in [0.2, 0.25) is 0 Å². The molecule has 0 saturated carbocycles. The number of carbonyl (C=O) groups excluding carboxylic acids is 1. The van der Waals surface area contributed by atoms with Crippen LogP contribution in [-0.4, -0.2) is 19.7 Å². The highest BCUT2D eigenvalue weighted by molar-refractivity contribution is 5.72.